The van der Waals surface area contributed by atoms with Crippen molar-refractivity contribution >= 4 is 0 Å². The predicted molar refractivity (Wildman–Crippen MR) is 83.1 cm³/mol. The molecular weight excluding hydrogens is 220 g/mol. The molecule has 2 unspecified atom stereocenters. The van der Waals surface area contributed by atoms with Crippen molar-refractivity contribution in [2.45, 2.75) is 66.8 Å². The molecule has 0 saturated heterocycles. The van der Waals surface area contributed by atoms with E-state index in [0.717, 1.165) is 19.0 Å². The molecule has 2 heteroatoms. The Labute approximate surface area is 116 Å². The van der Waals surface area contributed by atoms with Crippen LogP contribution in [0.25, 0.3) is 0 Å². The number of nitrogens with one attached hydrogen (secondary N) is 1. The van der Waals surface area contributed by atoms with Crippen molar-refractivity contribution in [2.75, 3.05) is 26.7 Å². The fourth-order valence-corrected chi connectivity index (χ4v) is 2.65. The first-order valence-electron chi connectivity index (χ1n) is 7.77. The summed E-state index contributed by atoms with van der Waals surface area (Å²) in [7, 11) is 2.28. The smallest absolute Gasteiger partial charge is 0.00871 e. The fourth-order valence-electron chi connectivity index (χ4n) is 2.65. The molecule has 2 nitrogen and oxygen atoms in total. The summed E-state index contributed by atoms with van der Waals surface area (Å²) in [6.07, 6.45) is 3.80. The molecule has 0 aromatic carbocycles. The minimum Gasteiger partial charge on any atom is -0.316 e. The van der Waals surface area contributed by atoms with E-state index >= 15 is 0 Å². The molecule has 1 N–H and O–H groups in total. The van der Waals surface area contributed by atoms with Gasteiger partial charge in [0.1, 0.15) is 0 Å². The Bertz CT molecular complexity index is 203. The van der Waals surface area contributed by atoms with Crippen LogP contribution < -0.4 is 5.32 Å². The van der Waals surface area contributed by atoms with Crippen LogP contribution in [0.15, 0.2) is 0 Å². The van der Waals surface area contributed by atoms with E-state index in [-0.39, 0.29) is 0 Å². The summed E-state index contributed by atoms with van der Waals surface area (Å²) in [4.78, 5) is 2.54. The van der Waals surface area contributed by atoms with Crippen LogP contribution in [-0.4, -0.2) is 37.6 Å². The maximum atomic E-state index is 3.61. The van der Waals surface area contributed by atoms with Crippen LogP contribution in [0.4, 0.5) is 0 Å². The lowest BCUT2D eigenvalue weighted by Gasteiger charge is -2.38. The van der Waals surface area contributed by atoms with Crippen LogP contribution in [0, 0.1) is 11.3 Å². The molecule has 0 saturated carbocycles. The largest absolute Gasteiger partial charge is 0.316 e. The Balaban J connectivity index is 4.39. The van der Waals surface area contributed by atoms with Crippen LogP contribution in [0.3, 0.4) is 0 Å². The third-order valence-electron chi connectivity index (χ3n) is 4.12. The Kier molecular flexibility index (Phi) is 8.89. The molecule has 0 heterocycles. The summed E-state index contributed by atoms with van der Waals surface area (Å²) in [5.74, 6) is 0.726. The summed E-state index contributed by atoms with van der Waals surface area (Å²) in [6.45, 7) is 17.4. The highest BCUT2D eigenvalue weighted by molar-refractivity contribution is 4.82. The Morgan fingerprint density at radius 1 is 1.11 bits per heavy atom. The molecule has 0 aromatic rings. The molecule has 0 aliphatic heterocycles. The van der Waals surface area contributed by atoms with E-state index in [2.05, 4.69) is 58.8 Å². The van der Waals surface area contributed by atoms with Crippen LogP contribution in [0.2, 0.25) is 0 Å². The van der Waals surface area contributed by atoms with E-state index in [9.17, 15) is 0 Å². The standard InChI is InChI=1S/C16H36N2/c1-8-10-16(6,12-17-11-9-2)13-18(7)15(5)14(3)4/h14-15,17H,8-13H2,1-7H3. The van der Waals surface area contributed by atoms with Crippen LogP contribution in [0.5, 0.6) is 0 Å². The van der Waals surface area contributed by atoms with E-state index < -0.39 is 0 Å². The summed E-state index contributed by atoms with van der Waals surface area (Å²) in [5, 5.41) is 3.61. The van der Waals surface area contributed by atoms with Gasteiger partial charge >= 0.3 is 0 Å². The SMILES string of the molecule is CCCNCC(C)(CCC)CN(C)C(C)C(C)C. The van der Waals surface area contributed by atoms with Gasteiger partial charge in [-0.05, 0) is 44.7 Å². The summed E-state index contributed by atoms with van der Waals surface area (Å²) < 4.78 is 0. The van der Waals surface area contributed by atoms with Crippen molar-refractivity contribution in [1.29, 1.82) is 0 Å². The molecular formula is C16H36N2. The normalized spacial score (nSPS) is 17.2. The average Bonchev–Trinajstić information content (AvgIpc) is 2.28. The van der Waals surface area contributed by atoms with Crippen LogP contribution in [0.1, 0.15) is 60.8 Å². The summed E-state index contributed by atoms with van der Waals surface area (Å²) >= 11 is 0. The summed E-state index contributed by atoms with van der Waals surface area (Å²) in [6, 6.07) is 0.660. The van der Waals surface area contributed by atoms with Gasteiger partial charge in [0.05, 0.1) is 0 Å². The van der Waals surface area contributed by atoms with E-state index in [1.165, 1.54) is 25.8 Å². The monoisotopic (exact) mass is 256 g/mol. The van der Waals surface area contributed by atoms with Gasteiger partial charge in [0.25, 0.3) is 0 Å². The van der Waals surface area contributed by atoms with E-state index in [1.54, 1.807) is 0 Å². The Morgan fingerprint density at radius 2 is 1.72 bits per heavy atom. The van der Waals surface area contributed by atoms with Crippen molar-refractivity contribution in [3.8, 4) is 0 Å². The maximum absolute atomic E-state index is 3.61. The second-order valence-corrected chi connectivity index (χ2v) is 6.64. The van der Waals surface area contributed by atoms with Crippen LogP contribution >= 0.6 is 0 Å². The molecule has 0 aromatic heterocycles. The van der Waals surface area contributed by atoms with Gasteiger partial charge in [-0.15, -0.1) is 0 Å². The molecule has 0 aliphatic rings. The number of rotatable bonds is 10. The quantitative estimate of drug-likeness (QED) is 0.599. The van der Waals surface area contributed by atoms with Crippen molar-refractivity contribution in [3.63, 3.8) is 0 Å². The Morgan fingerprint density at radius 3 is 2.17 bits per heavy atom. The molecule has 0 fully saturated rings. The number of hydrogen-bond donors (Lipinski definition) is 1. The fraction of sp³-hybridized carbons (Fsp3) is 1.00. The zero-order chi connectivity index (χ0) is 14.2. The lowest BCUT2D eigenvalue weighted by Crippen LogP contribution is -2.45. The topological polar surface area (TPSA) is 15.3 Å². The van der Waals surface area contributed by atoms with Gasteiger partial charge < -0.3 is 10.2 Å². The molecule has 0 radical (unpaired) electrons. The highest BCUT2D eigenvalue weighted by Crippen LogP contribution is 2.25. The summed E-state index contributed by atoms with van der Waals surface area (Å²) in [5.41, 5.74) is 0.405. The first-order valence-corrected chi connectivity index (χ1v) is 7.77. The minimum atomic E-state index is 0.405. The molecule has 18 heavy (non-hydrogen) atoms. The van der Waals surface area contributed by atoms with Gasteiger partial charge in [-0.1, -0.05) is 41.0 Å². The third-order valence-corrected chi connectivity index (χ3v) is 4.12. The minimum absolute atomic E-state index is 0.405. The highest BCUT2D eigenvalue weighted by Gasteiger charge is 2.27. The lowest BCUT2D eigenvalue weighted by atomic mass is 9.84. The molecule has 0 spiro atoms. The first-order chi connectivity index (χ1) is 8.36. The maximum Gasteiger partial charge on any atom is 0.00871 e. The molecule has 0 aliphatic carbocycles. The zero-order valence-electron chi connectivity index (χ0n) is 13.8. The molecule has 0 bridgehead atoms. The molecule has 110 valence electrons. The van der Waals surface area contributed by atoms with Gasteiger partial charge in [0.2, 0.25) is 0 Å². The van der Waals surface area contributed by atoms with Gasteiger partial charge in [-0.2, -0.15) is 0 Å². The zero-order valence-corrected chi connectivity index (χ0v) is 13.8. The van der Waals surface area contributed by atoms with E-state index in [1.807, 2.05) is 0 Å². The van der Waals surface area contributed by atoms with Gasteiger partial charge in [-0.25, -0.2) is 0 Å². The first kappa shape index (κ1) is 17.9. The van der Waals surface area contributed by atoms with Crippen molar-refractivity contribution in [3.05, 3.63) is 0 Å². The predicted octanol–water partition coefficient (Wildman–Crippen LogP) is 3.77. The molecule has 2 atom stereocenters. The van der Waals surface area contributed by atoms with E-state index in [0.29, 0.717) is 11.5 Å². The van der Waals surface area contributed by atoms with Crippen molar-refractivity contribution in [1.82, 2.24) is 10.2 Å². The molecule has 0 amide bonds. The second kappa shape index (κ2) is 8.92. The van der Waals surface area contributed by atoms with Gasteiger partial charge in [0.15, 0.2) is 0 Å². The van der Waals surface area contributed by atoms with Crippen molar-refractivity contribution in [2.24, 2.45) is 11.3 Å². The van der Waals surface area contributed by atoms with Crippen molar-refractivity contribution < 1.29 is 0 Å². The van der Waals surface area contributed by atoms with Crippen LogP contribution in [-0.2, 0) is 0 Å². The van der Waals surface area contributed by atoms with E-state index in [4.69, 9.17) is 0 Å². The number of nitrogens with zero attached hydrogens (tertiary/aromatic N) is 1. The Hall–Kier alpha value is -0.0800. The lowest BCUT2D eigenvalue weighted by molar-refractivity contribution is 0.121. The van der Waals surface area contributed by atoms with Gasteiger partial charge in [0, 0.05) is 19.1 Å². The number of hydrogen-bond acceptors (Lipinski definition) is 2. The second-order valence-electron chi connectivity index (χ2n) is 6.64. The highest BCUT2D eigenvalue weighted by atomic mass is 15.1. The third kappa shape index (κ3) is 6.75. The average molecular weight is 256 g/mol. The van der Waals surface area contributed by atoms with Gasteiger partial charge in [-0.3, -0.25) is 0 Å². The molecule has 0 rings (SSSR count).